The van der Waals surface area contributed by atoms with E-state index in [0.717, 1.165) is 36.2 Å². The molecule has 0 saturated carbocycles. The fourth-order valence-electron chi connectivity index (χ4n) is 1.81. The first-order valence-electron chi connectivity index (χ1n) is 6.33. The molecule has 0 aliphatic carbocycles. The van der Waals surface area contributed by atoms with Gasteiger partial charge >= 0.3 is 0 Å². The minimum atomic E-state index is 0.562. The van der Waals surface area contributed by atoms with Gasteiger partial charge in [0.1, 0.15) is 6.07 Å². The lowest BCUT2D eigenvalue weighted by molar-refractivity contribution is 0.674. The van der Waals surface area contributed by atoms with Crippen LogP contribution in [0.5, 0.6) is 0 Å². The number of nitrogens with one attached hydrogen (secondary N) is 1. The first-order chi connectivity index (χ1) is 9.33. The third kappa shape index (κ3) is 3.60. The average Bonchev–Trinajstić information content (AvgIpc) is 2.48. The molecule has 0 aliphatic heterocycles. The lowest BCUT2D eigenvalue weighted by Gasteiger charge is -2.06. The summed E-state index contributed by atoms with van der Waals surface area (Å²) < 4.78 is 0. The molecule has 0 fully saturated rings. The van der Waals surface area contributed by atoms with Gasteiger partial charge in [0.15, 0.2) is 0 Å². The maximum absolute atomic E-state index is 8.89. The number of aromatic nitrogens is 2. The standard InChI is InChI=1S/C15H16N4/c1-2-3-17-8-13-5-15(11-19-9-13)14-4-12(6-16)7-18-10-14/h4-5,7,9-11,17H,2-3,8H2,1H3. The molecule has 1 N–H and O–H groups in total. The van der Waals surface area contributed by atoms with Gasteiger partial charge in [-0.1, -0.05) is 6.92 Å². The van der Waals surface area contributed by atoms with Gasteiger partial charge in [0.05, 0.1) is 5.56 Å². The van der Waals surface area contributed by atoms with Crippen LogP contribution in [0, 0.1) is 11.3 Å². The van der Waals surface area contributed by atoms with Crippen LogP contribution in [0.1, 0.15) is 24.5 Å². The van der Waals surface area contributed by atoms with Crippen LogP contribution in [0.4, 0.5) is 0 Å². The highest BCUT2D eigenvalue weighted by molar-refractivity contribution is 5.63. The van der Waals surface area contributed by atoms with Gasteiger partial charge in [-0.3, -0.25) is 9.97 Å². The molecule has 0 radical (unpaired) electrons. The molecule has 4 nitrogen and oxygen atoms in total. The molecule has 0 unspecified atom stereocenters. The molecule has 0 bridgehead atoms. The van der Waals surface area contributed by atoms with Gasteiger partial charge in [0, 0.05) is 42.5 Å². The van der Waals surface area contributed by atoms with E-state index in [1.165, 1.54) is 0 Å². The molecule has 4 heteroatoms. The zero-order chi connectivity index (χ0) is 13.5. The van der Waals surface area contributed by atoms with Gasteiger partial charge in [0.2, 0.25) is 0 Å². The molecule has 0 amide bonds. The van der Waals surface area contributed by atoms with Crippen LogP contribution >= 0.6 is 0 Å². The first kappa shape index (κ1) is 13.2. The van der Waals surface area contributed by atoms with E-state index in [1.807, 2.05) is 12.3 Å². The highest BCUT2D eigenvalue weighted by Gasteiger charge is 2.02. The molecule has 2 rings (SSSR count). The third-order valence-corrected chi connectivity index (χ3v) is 2.75. The largest absolute Gasteiger partial charge is 0.313 e. The second kappa shape index (κ2) is 6.62. The summed E-state index contributed by atoms with van der Waals surface area (Å²) in [7, 11) is 0. The van der Waals surface area contributed by atoms with Crippen LogP contribution < -0.4 is 5.32 Å². The summed E-state index contributed by atoms with van der Waals surface area (Å²) in [5, 5.41) is 12.2. The number of pyridine rings is 2. The molecule has 2 aromatic rings. The van der Waals surface area contributed by atoms with Gasteiger partial charge in [-0.15, -0.1) is 0 Å². The van der Waals surface area contributed by atoms with E-state index in [2.05, 4.69) is 34.3 Å². The molecule has 96 valence electrons. The Morgan fingerprint density at radius 2 is 1.84 bits per heavy atom. The second-order valence-electron chi connectivity index (χ2n) is 4.33. The Hall–Kier alpha value is -2.25. The average molecular weight is 252 g/mol. The van der Waals surface area contributed by atoms with Crippen molar-refractivity contribution in [2.75, 3.05) is 6.54 Å². The van der Waals surface area contributed by atoms with E-state index in [-0.39, 0.29) is 0 Å². The minimum absolute atomic E-state index is 0.562. The van der Waals surface area contributed by atoms with Crippen LogP contribution in [0.25, 0.3) is 11.1 Å². The van der Waals surface area contributed by atoms with Crippen molar-refractivity contribution in [3.8, 4) is 17.2 Å². The van der Waals surface area contributed by atoms with Crippen molar-refractivity contribution in [2.24, 2.45) is 0 Å². The smallest absolute Gasteiger partial charge is 0.101 e. The zero-order valence-corrected chi connectivity index (χ0v) is 10.9. The monoisotopic (exact) mass is 252 g/mol. The van der Waals surface area contributed by atoms with Crippen molar-refractivity contribution in [1.29, 1.82) is 5.26 Å². The summed E-state index contributed by atoms with van der Waals surface area (Å²) in [6.07, 6.45) is 8.07. The van der Waals surface area contributed by atoms with Gasteiger partial charge < -0.3 is 5.32 Å². The number of nitrogens with zero attached hydrogens (tertiary/aromatic N) is 3. The van der Waals surface area contributed by atoms with Crippen molar-refractivity contribution in [1.82, 2.24) is 15.3 Å². The van der Waals surface area contributed by atoms with E-state index in [9.17, 15) is 0 Å². The molecular formula is C15H16N4. The quantitative estimate of drug-likeness (QED) is 0.830. The first-order valence-corrected chi connectivity index (χ1v) is 6.33. The summed E-state index contributed by atoms with van der Waals surface area (Å²) >= 11 is 0. The lowest BCUT2D eigenvalue weighted by atomic mass is 10.1. The molecule has 2 aromatic heterocycles. The van der Waals surface area contributed by atoms with Crippen molar-refractivity contribution in [3.63, 3.8) is 0 Å². The number of hydrogen-bond acceptors (Lipinski definition) is 4. The van der Waals surface area contributed by atoms with E-state index >= 15 is 0 Å². The van der Waals surface area contributed by atoms with Crippen LogP contribution in [0.15, 0.2) is 36.9 Å². The van der Waals surface area contributed by atoms with E-state index < -0.39 is 0 Å². The Labute approximate surface area is 113 Å². The Morgan fingerprint density at radius 1 is 1.11 bits per heavy atom. The lowest BCUT2D eigenvalue weighted by Crippen LogP contribution is -2.13. The number of nitriles is 1. The summed E-state index contributed by atoms with van der Waals surface area (Å²) in [6.45, 7) is 3.94. The fourth-order valence-corrected chi connectivity index (χ4v) is 1.81. The summed E-state index contributed by atoms with van der Waals surface area (Å²) in [4.78, 5) is 8.32. The third-order valence-electron chi connectivity index (χ3n) is 2.75. The van der Waals surface area contributed by atoms with Crippen LogP contribution in [-0.4, -0.2) is 16.5 Å². The second-order valence-corrected chi connectivity index (χ2v) is 4.33. The molecule has 2 heterocycles. The van der Waals surface area contributed by atoms with Gasteiger partial charge in [-0.25, -0.2) is 0 Å². The van der Waals surface area contributed by atoms with Crippen LogP contribution in [0.2, 0.25) is 0 Å². The van der Waals surface area contributed by atoms with E-state index in [4.69, 9.17) is 5.26 Å². The topological polar surface area (TPSA) is 61.6 Å². The molecule has 0 spiro atoms. The van der Waals surface area contributed by atoms with Gasteiger partial charge in [-0.2, -0.15) is 5.26 Å². The Balaban J connectivity index is 2.20. The van der Waals surface area contributed by atoms with E-state index in [1.54, 1.807) is 18.6 Å². The van der Waals surface area contributed by atoms with Gasteiger partial charge in [-0.05, 0) is 30.7 Å². The highest BCUT2D eigenvalue weighted by Crippen LogP contribution is 2.19. The van der Waals surface area contributed by atoms with Crippen molar-refractivity contribution in [3.05, 3.63) is 48.0 Å². The fraction of sp³-hybridized carbons (Fsp3) is 0.267. The van der Waals surface area contributed by atoms with Crippen LogP contribution in [-0.2, 0) is 6.54 Å². The highest BCUT2D eigenvalue weighted by atomic mass is 14.8. The molecule has 0 saturated heterocycles. The molecule has 0 atom stereocenters. The van der Waals surface area contributed by atoms with Crippen molar-refractivity contribution >= 4 is 0 Å². The molecule has 19 heavy (non-hydrogen) atoms. The van der Waals surface area contributed by atoms with E-state index in [0.29, 0.717) is 5.56 Å². The maximum atomic E-state index is 8.89. The molecular weight excluding hydrogens is 236 g/mol. The predicted octanol–water partition coefficient (Wildman–Crippen LogP) is 2.51. The van der Waals surface area contributed by atoms with Crippen LogP contribution in [0.3, 0.4) is 0 Å². The normalized spacial score (nSPS) is 10.1. The predicted molar refractivity (Wildman–Crippen MR) is 74.2 cm³/mol. The number of hydrogen-bond donors (Lipinski definition) is 1. The molecule has 0 aromatic carbocycles. The summed E-state index contributed by atoms with van der Waals surface area (Å²) in [5.74, 6) is 0. The Kier molecular flexibility index (Phi) is 4.60. The maximum Gasteiger partial charge on any atom is 0.101 e. The zero-order valence-electron chi connectivity index (χ0n) is 10.9. The van der Waals surface area contributed by atoms with Crippen molar-refractivity contribution in [2.45, 2.75) is 19.9 Å². The SMILES string of the molecule is CCCNCc1cncc(-c2cncc(C#N)c2)c1. The summed E-state index contributed by atoms with van der Waals surface area (Å²) in [6, 6.07) is 6.00. The Bertz CT molecular complexity index is 587. The van der Waals surface area contributed by atoms with Crippen molar-refractivity contribution < 1.29 is 0 Å². The number of rotatable bonds is 5. The molecule has 0 aliphatic rings. The minimum Gasteiger partial charge on any atom is -0.313 e. The Morgan fingerprint density at radius 3 is 2.58 bits per heavy atom. The summed E-state index contributed by atoms with van der Waals surface area (Å²) in [5.41, 5.74) is 3.60. The van der Waals surface area contributed by atoms with Gasteiger partial charge in [0.25, 0.3) is 0 Å².